The number of nitrogens with zero attached hydrogens (tertiary/aromatic N) is 3. The molecular weight excluding hydrogens is 334 g/mol. The molecular formula is C23H31N3O. The molecule has 0 spiro atoms. The number of rotatable bonds is 6. The first-order chi connectivity index (χ1) is 13.1. The van der Waals surface area contributed by atoms with Crippen molar-refractivity contribution in [2.45, 2.75) is 65.1 Å². The Labute approximate surface area is 163 Å². The number of amides is 1. The molecule has 2 aromatic rings. The van der Waals surface area contributed by atoms with Crippen molar-refractivity contribution in [3.63, 3.8) is 0 Å². The first-order valence-electron chi connectivity index (χ1n) is 10.2. The highest BCUT2D eigenvalue weighted by molar-refractivity contribution is 5.95. The SMILES string of the molecule is CCC1CCCCN1C(=O)c1cncc(N(Cc2ccccc2)C(C)C)c1. The third kappa shape index (κ3) is 4.68. The molecule has 1 aromatic heterocycles. The first kappa shape index (κ1) is 19.4. The van der Waals surface area contributed by atoms with Gasteiger partial charge in [-0.1, -0.05) is 37.3 Å². The topological polar surface area (TPSA) is 36.4 Å². The highest BCUT2D eigenvalue weighted by Gasteiger charge is 2.26. The van der Waals surface area contributed by atoms with Crippen molar-refractivity contribution in [3.8, 4) is 0 Å². The third-order valence-corrected chi connectivity index (χ3v) is 5.48. The summed E-state index contributed by atoms with van der Waals surface area (Å²) < 4.78 is 0. The predicted octanol–water partition coefficient (Wildman–Crippen LogP) is 4.90. The lowest BCUT2D eigenvalue weighted by Crippen LogP contribution is -2.43. The van der Waals surface area contributed by atoms with Gasteiger partial charge >= 0.3 is 0 Å². The van der Waals surface area contributed by atoms with Crippen LogP contribution in [0, 0.1) is 0 Å². The van der Waals surface area contributed by atoms with E-state index in [9.17, 15) is 4.79 Å². The molecule has 0 N–H and O–H groups in total. The van der Waals surface area contributed by atoms with Gasteiger partial charge in [-0.25, -0.2) is 0 Å². The number of benzene rings is 1. The van der Waals surface area contributed by atoms with E-state index in [4.69, 9.17) is 0 Å². The Morgan fingerprint density at radius 2 is 2.00 bits per heavy atom. The molecule has 0 radical (unpaired) electrons. The van der Waals surface area contributed by atoms with Crippen LogP contribution in [0.4, 0.5) is 5.69 Å². The average Bonchev–Trinajstić information content (AvgIpc) is 2.72. The van der Waals surface area contributed by atoms with E-state index >= 15 is 0 Å². The second-order valence-electron chi connectivity index (χ2n) is 7.70. The summed E-state index contributed by atoms with van der Waals surface area (Å²) in [7, 11) is 0. The van der Waals surface area contributed by atoms with E-state index in [1.54, 1.807) is 6.20 Å². The molecule has 1 saturated heterocycles. The van der Waals surface area contributed by atoms with Crippen molar-refractivity contribution in [1.29, 1.82) is 0 Å². The van der Waals surface area contributed by atoms with E-state index in [0.717, 1.165) is 38.0 Å². The third-order valence-electron chi connectivity index (χ3n) is 5.48. The summed E-state index contributed by atoms with van der Waals surface area (Å²) in [5, 5.41) is 0. The minimum atomic E-state index is 0.124. The highest BCUT2D eigenvalue weighted by Crippen LogP contribution is 2.25. The van der Waals surface area contributed by atoms with E-state index < -0.39 is 0 Å². The molecule has 27 heavy (non-hydrogen) atoms. The molecule has 1 amide bonds. The van der Waals surface area contributed by atoms with Crippen molar-refractivity contribution in [3.05, 3.63) is 59.9 Å². The van der Waals surface area contributed by atoms with E-state index in [1.165, 1.54) is 12.0 Å². The van der Waals surface area contributed by atoms with E-state index in [1.807, 2.05) is 18.3 Å². The van der Waals surface area contributed by atoms with Crippen LogP contribution in [0.2, 0.25) is 0 Å². The quantitative estimate of drug-likeness (QED) is 0.730. The van der Waals surface area contributed by atoms with Crippen LogP contribution >= 0.6 is 0 Å². The molecule has 1 aliphatic rings. The van der Waals surface area contributed by atoms with Gasteiger partial charge in [-0.15, -0.1) is 0 Å². The predicted molar refractivity (Wildman–Crippen MR) is 111 cm³/mol. The number of hydrogen-bond acceptors (Lipinski definition) is 3. The molecule has 0 bridgehead atoms. The minimum Gasteiger partial charge on any atom is -0.364 e. The first-order valence-corrected chi connectivity index (χ1v) is 10.2. The van der Waals surface area contributed by atoms with Crippen LogP contribution in [0.5, 0.6) is 0 Å². The summed E-state index contributed by atoms with van der Waals surface area (Å²) in [6.07, 6.45) is 8.04. The summed E-state index contributed by atoms with van der Waals surface area (Å²) in [4.78, 5) is 21.9. The van der Waals surface area contributed by atoms with Crippen molar-refractivity contribution in [2.75, 3.05) is 11.4 Å². The second-order valence-corrected chi connectivity index (χ2v) is 7.70. The van der Waals surface area contributed by atoms with Crippen LogP contribution in [-0.2, 0) is 6.54 Å². The van der Waals surface area contributed by atoms with Crippen LogP contribution in [0.3, 0.4) is 0 Å². The van der Waals surface area contributed by atoms with Crippen molar-refractivity contribution >= 4 is 11.6 Å². The Balaban J connectivity index is 1.83. The fraction of sp³-hybridized carbons (Fsp3) is 0.478. The second kappa shape index (κ2) is 9.03. The van der Waals surface area contributed by atoms with Gasteiger partial charge in [-0.2, -0.15) is 0 Å². The fourth-order valence-electron chi connectivity index (χ4n) is 3.91. The van der Waals surface area contributed by atoms with Crippen LogP contribution in [0.25, 0.3) is 0 Å². The fourth-order valence-corrected chi connectivity index (χ4v) is 3.91. The van der Waals surface area contributed by atoms with Gasteiger partial charge in [0.1, 0.15) is 0 Å². The molecule has 4 nitrogen and oxygen atoms in total. The average molecular weight is 366 g/mol. The van der Waals surface area contributed by atoms with Gasteiger partial charge in [0.25, 0.3) is 5.91 Å². The molecule has 1 aromatic carbocycles. The normalized spacial score (nSPS) is 17.2. The van der Waals surface area contributed by atoms with E-state index in [-0.39, 0.29) is 5.91 Å². The summed E-state index contributed by atoms with van der Waals surface area (Å²) >= 11 is 0. The molecule has 144 valence electrons. The molecule has 1 aliphatic heterocycles. The smallest absolute Gasteiger partial charge is 0.255 e. The molecule has 1 atom stereocenters. The number of piperidine rings is 1. The number of carbonyl (C=O) groups is 1. The maximum absolute atomic E-state index is 13.1. The maximum atomic E-state index is 13.1. The number of anilines is 1. The zero-order valence-corrected chi connectivity index (χ0v) is 16.8. The van der Waals surface area contributed by atoms with Crippen LogP contribution < -0.4 is 4.90 Å². The lowest BCUT2D eigenvalue weighted by Gasteiger charge is -2.35. The van der Waals surface area contributed by atoms with Crippen molar-refractivity contribution in [2.24, 2.45) is 0 Å². The van der Waals surface area contributed by atoms with Gasteiger partial charge in [0, 0.05) is 31.4 Å². The number of pyridine rings is 1. The summed E-state index contributed by atoms with van der Waals surface area (Å²) in [6, 6.07) is 13.1. The molecule has 2 heterocycles. The molecule has 0 saturated carbocycles. The molecule has 1 unspecified atom stereocenters. The van der Waals surface area contributed by atoms with Crippen LogP contribution in [0.1, 0.15) is 62.4 Å². The number of carbonyl (C=O) groups excluding carboxylic acids is 1. The van der Waals surface area contributed by atoms with Crippen LogP contribution in [0.15, 0.2) is 48.8 Å². The largest absolute Gasteiger partial charge is 0.364 e. The number of aromatic nitrogens is 1. The van der Waals surface area contributed by atoms with Gasteiger partial charge < -0.3 is 9.80 Å². The summed E-state index contributed by atoms with van der Waals surface area (Å²) in [5.74, 6) is 0.124. The Morgan fingerprint density at radius 3 is 2.70 bits per heavy atom. The Bertz CT molecular complexity index is 744. The molecule has 3 rings (SSSR count). The highest BCUT2D eigenvalue weighted by atomic mass is 16.2. The lowest BCUT2D eigenvalue weighted by molar-refractivity contribution is 0.0607. The Hall–Kier alpha value is -2.36. The van der Waals surface area contributed by atoms with Crippen LogP contribution in [-0.4, -0.2) is 34.4 Å². The van der Waals surface area contributed by atoms with Gasteiger partial charge in [0.05, 0.1) is 17.4 Å². The molecule has 1 fully saturated rings. The van der Waals surface area contributed by atoms with E-state index in [2.05, 4.69) is 59.8 Å². The monoisotopic (exact) mass is 365 g/mol. The van der Waals surface area contributed by atoms with Gasteiger partial charge in [-0.05, 0) is 51.2 Å². The zero-order chi connectivity index (χ0) is 19.2. The van der Waals surface area contributed by atoms with Gasteiger partial charge in [0.15, 0.2) is 0 Å². The zero-order valence-electron chi connectivity index (χ0n) is 16.8. The number of hydrogen-bond donors (Lipinski definition) is 0. The van der Waals surface area contributed by atoms with Gasteiger partial charge in [-0.3, -0.25) is 9.78 Å². The number of likely N-dealkylation sites (tertiary alicyclic amines) is 1. The van der Waals surface area contributed by atoms with E-state index in [0.29, 0.717) is 17.6 Å². The van der Waals surface area contributed by atoms with Crippen molar-refractivity contribution in [1.82, 2.24) is 9.88 Å². The molecule has 0 aliphatic carbocycles. The minimum absolute atomic E-state index is 0.124. The Morgan fingerprint density at radius 1 is 1.22 bits per heavy atom. The maximum Gasteiger partial charge on any atom is 0.255 e. The summed E-state index contributed by atoms with van der Waals surface area (Å²) in [6.45, 7) is 8.19. The lowest BCUT2D eigenvalue weighted by atomic mass is 9.99. The van der Waals surface area contributed by atoms with Crippen molar-refractivity contribution < 1.29 is 4.79 Å². The summed E-state index contributed by atoms with van der Waals surface area (Å²) in [5.41, 5.74) is 2.96. The standard InChI is InChI=1S/C23H31N3O/c1-4-21-12-8-9-13-25(21)23(27)20-14-22(16-24-15-20)26(18(2)3)17-19-10-6-5-7-11-19/h5-7,10-11,14-16,18,21H,4,8-9,12-13,17H2,1-3H3. The molecule has 4 heteroatoms. The van der Waals surface area contributed by atoms with Gasteiger partial charge in [0.2, 0.25) is 0 Å². The Kier molecular flexibility index (Phi) is 6.49.